The number of piperazine rings is 1. The van der Waals surface area contributed by atoms with E-state index in [0.717, 1.165) is 41.1 Å². The van der Waals surface area contributed by atoms with E-state index < -0.39 is 0 Å². The van der Waals surface area contributed by atoms with E-state index >= 15 is 0 Å². The van der Waals surface area contributed by atoms with Gasteiger partial charge in [0.2, 0.25) is 0 Å². The third-order valence-corrected chi connectivity index (χ3v) is 7.40. The number of amides is 3. The molecule has 0 spiro atoms. The van der Waals surface area contributed by atoms with Crippen molar-refractivity contribution in [1.29, 1.82) is 0 Å². The number of rotatable bonds is 4. The number of aromatic amines is 1. The maximum atomic E-state index is 13.5. The number of pyridine rings is 1. The van der Waals surface area contributed by atoms with Gasteiger partial charge in [0.1, 0.15) is 5.82 Å². The van der Waals surface area contributed by atoms with E-state index in [2.05, 4.69) is 9.97 Å². The lowest BCUT2D eigenvalue weighted by Crippen LogP contribution is -2.51. The van der Waals surface area contributed by atoms with Crippen LogP contribution in [0.1, 0.15) is 63.6 Å². The average Bonchev–Trinajstić information content (AvgIpc) is 3.32. The molecule has 2 fully saturated rings. The number of nitrogens with one attached hydrogen (secondary N) is 1. The summed E-state index contributed by atoms with van der Waals surface area (Å²) in [4.78, 5) is 56.5. The summed E-state index contributed by atoms with van der Waals surface area (Å²) in [7, 11) is 0. The lowest BCUT2D eigenvalue weighted by atomic mass is 9.89. The van der Waals surface area contributed by atoms with Gasteiger partial charge in [-0.05, 0) is 63.9 Å². The number of carbonyl (C=O) groups is 3. The number of benzene rings is 1. The molecule has 3 amide bonds. The molecule has 0 bridgehead atoms. The van der Waals surface area contributed by atoms with Crippen molar-refractivity contribution in [3.63, 3.8) is 0 Å². The standard InChI is InChI=1S/C28H34N6O4/c1-4-38-28(37)34-15-13-33(14-16-34)27(36)22-7-5-18(2)29-25(22)20-9-11-32(12-10-20)26(35)21-6-8-23-24(17-21)31-19(3)30-23/h5-8,17,20H,4,9-16H2,1-3H3,(H,30,31). The Morgan fingerprint density at radius 1 is 0.895 bits per heavy atom. The maximum absolute atomic E-state index is 13.5. The van der Waals surface area contributed by atoms with Crippen LogP contribution in [-0.4, -0.2) is 93.4 Å². The zero-order valence-corrected chi connectivity index (χ0v) is 22.2. The van der Waals surface area contributed by atoms with Gasteiger partial charge in [-0.2, -0.15) is 0 Å². The topological polar surface area (TPSA) is 112 Å². The summed E-state index contributed by atoms with van der Waals surface area (Å²) in [5, 5.41) is 0. The highest BCUT2D eigenvalue weighted by Crippen LogP contribution is 2.31. The van der Waals surface area contributed by atoms with Gasteiger partial charge in [0.25, 0.3) is 11.8 Å². The molecule has 3 aromatic rings. The number of imidazole rings is 1. The molecule has 5 rings (SSSR count). The lowest BCUT2D eigenvalue weighted by molar-refractivity contribution is 0.0567. The zero-order chi connectivity index (χ0) is 26.8. The number of H-pyrrole nitrogens is 1. The van der Waals surface area contributed by atoms with Crippen molar-refractivity contribution in [3.8, 4) is 0 Å². The molecule has 1 N–H and O–H groups in total. The van der Waals surface area contributed by atoms with Crippen LogP contribution in [-0.2, 0) is 4.74 Å². The molecule has 0 aliphatic carbocycles. The fraction of sp³-hybridized carbons (Fsp3) is 0.464. The second-order valence-corrected chi connectivity index (χ2v) is 9.98. The van der Waals surface area contributed by atoms with E-state index in [0.29, 0.717) is 57.0 Å². The summed E-state index contributed by atoms with van der Waals surface area (Å²) >= 11 is 0. The van der Waals surface area contributed by atoms with Crippen molar-refractivity contribution in [2.24, 2.45) is 0 Å². The molecule has 0 atom stereocenters. The molecule has 10 nitrogen and oxygen atoms in total. The number of hydrogen-bond donors (Lipinski definition) is 1. The highest BCUT2D eigenvalue weighted by Gasteiger charge is 2.31. The van der Waals surface area contributed by atoms with Gasteiger partial charge >= 0.3 is 6.09 Å². The number of nitrogens with zero attached hydrogens (tertiary/aromatic N) is 5. The Hall–Kier alpha value is -3.95. The Kier molecular flexibility index (Phi) is 7.31. The van der Waals surface area contributed by atoms with Gasteiger partial charge in [0, 0.05) is 56.4 Å². The minimum atomic E-state index is -0.335. The fourth-order valence-electron chi connectivity index (χ4n) is 5.35. The van der Waals surface area contributed by atoms with E-state index in [-0.39, 0.29) is 23.8 Å². The Balaban J connectivity index is 1.25. The van der Waals surface area contributed by atoms with Crippen LogP contribution in [0.2, 0.25) is 0 Å². The normalized spacial score (nSPS) is 16.7. The predicted octanol–water partition coefficient (Wildman–Crippen LogP) is 3.51. The smallest absolute Gasteiger partial charge is 0.409 e. The number of likely N-dealkylation sites (tertiary alicyclic amines) is 1. The summed E-state index contributed by atoms with van der Waals surface area (Å²) in [6.45, 7) is 8.96. The number of hydrogen-bond acceptors (Lipinski definition) is 6. The van der Waals surface area contributed by atoms with Crippen molar-refractivity contribution in [2.45, 2.75) is 39.5 Å². The van der Waals surface area contributed by atoms with Crippen LogP contribution in [0.5, 0.6) is 0 Å². The van der Waals surface area contributed by atoms with Crippen LogP contribution in [0.4, 0.5) is 4.79 Å². The summed E-state index contributed by atoms with van der Waals surface area (Å²) in [6, 6.07) is 9.32. The van der Waals surface area contributed by atoms with E-state index in [1.54, 1.807) is 16.7 Å². The monoisotopic (exact) mass is 518 g/mol. The third-order valence-electron chi connectivity index (χ3n) is 7.40. The molecular formula is C28H34N6O4. The molecule has 0 saturated carbocycles. The first-order chi connectivity index (χ1) is 18.3. The number of aromatic nitrogens is 3. The van der Waals surface area contributed by atoms with Gasteiger partial charge in [0.05, 0.1) is 28.9 Å². The van der Waals surface area contributed by atoms with E-state index in [1.807, 2.05) is 49.1 Å². The van der Waals surface area contributed by atoms with Gasteiger partial charge in [-0.25, -0.2) is 9.78 Å². The van der Waals surface area contributed by atoms with E-state index in [9.17, 15) is 14.4 Å². The van der Waals surface area contributed by atoms with Crippen molar-refractivity contribution < 1.29 is 19.1 Å². The Labute approximate surface area is 222 Å². The summed E-state index contributed by atoms with van der Waals surface area (Å²) in [5.74, 6) is 0.863. The lowest BCUT2D eigenvalue weighted by Gasteiger charge is -2.35. The van der Waals surface area contributed by atoms with Crippen molar-refractivity contribution in [2.75, 3.05) is 45.9 Å². The van der Waals surface area contributed by atoms with Crippen LogP contribution in [0.25, 0.3) is 11.0 Å². The highest BCUT2D eigenvalue weighted by atomic mass is 16.6. The van der Waals surface area contributed by atoms with Crippen LogP contribution in [0.15, 0.2) is 30.3 Å². The van der Waals surface area contributed by atoms with Gasteiger partial charge in [-0.3, -0.25) is 14.6 Å². The predicted molar refractivity (Wildman–Crippen MR) is 142 cm³/mol. The molecule has 0 unspecified atom stereocenters. The van der Waals surface area contributed by atoms with E-state index in [4.69, 9.17) is 9.72 Å². The van der Waals surface area contributed by atoms with Crippen molar-refractivity contribution in [1.82, 2.24) is 29.7 Å². The third kappa shape index (κ3) is 5.20. The van der Waals surface area contributed by atoms with Crippen molar-refractivity contribution >= 4 is 28.9 Å². The Morgan fingerprint density at radius 2 is 1.58 bits per heavy atom. The summed E-state index contributed by atoms with van der Waals surface area (Å²) < 4.78 is 5.09. The number of aryl methyl sites for hydroxylation is 2. The molecular weight excluding hydrogens is 484 g/mol. The fourth-order valence-corrected chi connectivity index (χ4v) is 5.35. The quantitative estimate of drug-likeness (QED) is 0.566. The largest absolute Gasteiger partial charge is 0.450 e. The molecule has 2 saturated heterocycles. The van der Waals surface area contributed by atoms with Crippen molar-refractivity contribution in [3.05, 3.63) is 58.7 Å². The SMILES string of the molecule is CCOC(=O)N1CCN(C(=O)c2ccc(C)nc2C2CCN(C(=O)c3ccc4nc(C)[nH]c4c3)CC2)CC1. The molecule has 38 heavy (non-hydrogen) atoms. The van der Waals surface area contributed by atoms with Gasteiger partial charge in [-0.1, -0.05) is 0 Å². The number of carbonyl (C=O) groups excluding carboxylic acids is 3. The van der Waals surface area contributed by atoms with Gasteiger partial charge in [0.15, 0.2) is 0 Å². The first-order valence-corrected chi connectivity index (χ1v) is 13.3. The average molecular weight is 519 g/mol. The molecule has 200 valence electrons. The molecule has 10 heteroatoms. The first-order valence-electron chi connectivity index (χ1n) is 13.3. The minimum absolute atomic E-state index is 0.00516. The summed E-state index contributed by atoms with van der Waals surface area (Å²) in [6.07, 6.45) is 1.15. The first kappa shape index (κ1) is 25.7. The van der Waals surface area contributed by atoms with Crippen LogP contribution >= 0.6 is 0 Å². The number of fused-ring (bicyclic) bond motifs is 1. The minimum Gasteiger partial charge on any atom is -0.450 e. The van der Waals surface area contributed by atoms with Gasteiger partial charge in [-0.15, -0.1) is 0 Å². The molecule has 1 aromatic carbocycles. The van der Waals surface area contributed by atoms with Gasteiger partial charge < -0.3 is 24.4 Å². The second-order valence-electron chi connectivity index (χ2n) is 9.98. The second kappa shape index (κ2) is 10.8. The van der Waals surface area contributed by atoms with Crippen LogP contribution in [0, 0.1) is 13.8 Å². The van der Waals surface area contributed by atoms with Crippen LogP contribution < -0.4 is 0 Å². The van der Waals surface area contributed by atoms with E-state index in [1.165, 1.54) is 0 Å². The molecule has 2 aliphatic rings. The Morgan fingerprint density at radius 3 is 2.29 bits per heavy atom. The number of ether oxygens (including phenoxy) is 1. The zero-order valence-electron chi connectivity index (χ0n) is 22.2. The highest BCUT2D eigenvalue weighted by molar-refractivity contribution is 5.97. The van der Waals surface area contributed by atoms with Crippen LogP contribution in [0.3, 0.4) is 0 Å². The molecule has 4 heterocycles. The molecule has 2 aliphatic heterocycles. The summed E-state index contributed by atoms with van der Waals surface area (Å²) in [5.41, 5.74) is 4.65. The Bertz CT molecular complexity index is 1350. The maximum Gasteiger partial charge on any atom is 0.409 e. The molecule has 0 radical (unpaired) electrons. The molecule has 2 aromatic heterocycles. The number of piperidine rings is 1.